The van der Waals surface area contributed by atoms with Gasteiger partial charge in [-0.25, -0.2) is 0 Å². The van der Waals surface area contributed by atoms with Crippen LogP contribution in [-0.4, -0.2) is 33.0 Å². The van der Waals surface area contributed by atoms with E-state index < -0.39 is 11.7 Å². The van der Waals surface area contributed by atoms with Gasteiger partial charge in [0.25, 0.3) is 0 Å². The number of nitrogens with zero attached hydrogens (tertiary/aromatic N) is 3. The summed E-state index contributed by atoms with van der Waals surface area (Å²) in [6.45, 7) is 0.808. The van der Waals surface area contributed by atoms with Gasteiger partial charge in [-0.15, -0.1) is 10.2 Å². The minimum Gasteiger partial charge on any atom is -0.307 e. The zero-order valence-corrected chi connectivity index (χ0v) is 16.4. The van der Waals surface area contributed by atoms with Gasteiger partial charge in [0, 0.05) is 18.5 Å². The molecule has 2 atom stereocenters. The van der Waals surface area contributed by atoms with Gasteiger partial charge in [-0.2, -0.15) is 13.2 Å². The van der Waals surface area contributed by atoms with Crippen molar-refractivity contribution < 1.29 is 18.0 Å². The number of rotatable bonds is 6. The number of fused-ring (bicyclic) bond motifs is 1. The lowest BCUT2D eigenvalue weighted by molar-refractivity contribution is -0.137. The summed E-state index contributed by atoms with van der Waals surface area (Å²) in [6.07, 6.45) is 0.0793. The molecule has 1 saturated heterocycles. The van der Waals surface area contributed by atoms with Gasteiger partial charge in [0.05, 0.1) is 11.6 Å². The van der Waals surface area contributed by atoms with E-state index in [2.05, 4.69) is 15.5 Å². The maximum absolute atomic E-state index is 13.2. The average molecular weight is 416 g/mol. The SMILES string of the molecule is O=C(C[C@H](Cc1ccccc1)c1nnc2ccc(C(F)(F)F)cn12)C1CCCCN1. The van der Waals surface area contributed by atoms with Crippen LogP contribution < -0.4 is 5.32 Å². The summed E-state index contributed by atoms with van der Waals surface area (Å²) in [4.78, 5) is 13.0. The molecule has 30 heavy (non-hydrogen) atoms. The van der Waals surface area contributed by atoms with Crippen molar-refractivity contribution in [2.24, 2.45) is 0 Å². The zero-order valence-electron chi connectivity index (χ0n) is 16.4. The van der Waals surface area contributed by atoms with Gasteiger partial charge >= 0.3 is 6.18 Å². The Hall–Kier alpha value is -2.74. The van der Waals surface area contributed by atoms with Gasteiger partial charge in [-0.3, -0.25) is 9.20 Å². The topological polar surface area (TPSA) is 59.3 Å². The zero-order chi connectivity index (χ0) is 21.1. The Morgan fingerprint density at radius 3 is 2.63 bits per heavy atom. The van der Waals surface area contributed by atoms with Crippen molar-refractivity contribution in [3.8, 4) is 0 Å². The molecule has 0 saturated carbocycles. The van der Waals surface area contributed by atoms with E-state index in [0.29, 0.717) is 17.9 Å². The first-order valence-electron chi connectivity index (χ1n) is 10.1. The third-order valence-electron chi connectivity index (χ3n) is 5.59. The highest BCUT2D eigenvalue weighted by Crippen LogP contribution is 2.31. The predicted molar refractivity (Wildman–Crippen MR) is 106 cm³/mol. The highest BCUT2D eigenvalue weighted by atomic mass is 19.4. The average Bonchev–Trinajstić information content (AvgIpc) is 3.17. The highest BCUT2D eigenvalue weighted by Gasteiger charge is 2.32. The fourth-order valence-corrected chi connectivity index (χ4v) is 4.02. The molecule has 1 aliphatic heterocycles. The monoisotopic (exact) mass is 416 g/mol. The van der Waals surface area contributed by atoms with Crippen LogP contribution in [0.4, 0.5) is 13.2 Å². The van der Waals surface area contributed by atoms with E-state index in [0.717, 1.165) is 43.6 Å². The summed E-state index contributed by atoms with van der Waals surface area (Å²) in [6, 6.07) is 11.7. The molecule has 0 bridgehead atoms. The summed E-state index contributed by atoms with van der Waals surface area (Å²) < 4.78 is 41.1. The standard InChI is InChI=1S/C22H23F3N4O/c23-22(24,25)17-9-10-20-27-28-21(29(20)14-17)16(12-15-6-2-1-3-7-15)13-19(30)18-8-4-5-11-26-18/h1-3,6-7,9-10,14,16,18,26H,4-5,8,11-13H2/t16-,18?/m0/s1. The molecule has 0 aliphatic carbocycles. The Bertz CT molecular complexity index is 1010. The number of carbonyl (C=O) groups is 1. The molecule has 1 unspecified atom stereocenters. The Morgan fingerprint density at radius 1 is 1.13 bits per heavy atom. The molecular weight excluding hydrogens is 393 g/mol. The normalized spacial score (nSPS) is 18.4. The number of pyridine rings is 1. The molecule has 1 aliphatic rings. The lowest BCUT2D eigenvalue weighted by atomic mass is 9.89. The summed E-state index contributed by atoms with van der Waals surface area (Å²) in [7, 11) is 0. The predicted octanol–water partition coefficient (Wildman–Crippen LogP) is 4.18. The first kappa shape index (κ1) is 20.5. The second kappa shape index (κ2) is 8.55. The maximum Gasteiger partial charge on any atom is 0.417 e. The minimum absolute atomic E-state index is 0.0688. The fraction of sp³-hybridized carbons (Fsp3) is 0.409. The van der Waals surface area contributed by atoms with Gasteiger partial charge in [-0.05, 0) is 43.5 Å². The smallest absolute Gasteiger partial charge is 0.307 e. The highest BCUT2D eigenvalue weighted by molar-refractivity contribution is 5.84. The summed E-state index contributed by atoms with van der Waals surface area (Å²) in [5.74, 6) is 0.0746. The quantitative estimate of drug-likeness (QED) is 0.655. The molecule has 2 aromatic heterocycles. The Balaban J connectivity index is 1.68. The minimum atomic E-state index is -4.47. The molecule has 3 aromatic rings. The van der Waals surface area contributed by atoms with E-state index in [9.17, 15) is 18.0 Å². The van der Waals surface area contributed by atoms with Crippen molar-refractivity contribution in [1.82, 2.24) is 19.9 Å². The molecule has 0 radical (unpaired) electrons. The number of carbonyl (C=O) groups excluding carboxylic acids is 1. The number of ketones is 1. The molecular formula is C22H23F3N4O. The van der Waals surface area contributed by atoms with Crippen molar-refractivity contribution >= 4 is 11.4 Å². The lowest BCUT2D eigenvalue weighted by Gasteiger charge is -2.24. The largest absolute Gasteiger partial charge is 0.417 e. The van der Waals surface area contributed by atoms with E-state index in [1.807, 2.05) is 30.3 Å². The lowest BCUT2D eigenvalue weighted by Crippen LogP contribution is -2.41. The first-order chi connectivity index (χ1) is 14.4. The number of halogens is 3. The molecule has 3 heterocycles. The van der Waals surface area contributed by atoms with Gasteiger partial charge in [0.2, 0.25) is 0 Å². The molecule has 1 aromatic carbocycles. The number of nitrogens with one attached hydrogen (secondary N) is 1. The number of piperidine rings is 1. The molecule has 1 N–H and O–H groups in total. The second-order valence-electron chi connectivity index (χ2n) is 7.76. The van der Waals surface area contributed by atoms with Crippen molar-refractivity contribution in [2.75, 3.05) is 6.54 Å². The van der Waals surface area contributed by atoms with E-state index in [1.54, 1.807) is 0 Å². The number of benzene rings is 1. The van der Waals surface area contributed by atoms with Crippen LogP contribution in [0.1, 0.15) is 48.6 Å². The van der Waals surface area contributed by atoms with Crippen LogP contribution in [0, 0.1) is 0 Å². The summed E-state index contributed by atoms with van der Waals surface area (Å²) >= 11 is 0. The van der Waals surface area contributed by atoms with Crippen LogP contribution in [0.3, 0.4) is 0 Å². The van der Waals surface area contributed by atoms with Crippen molar-refractivity contribution in [3.63, 3.8) is 0 Å². The van der Waals surface area contributed by atoms with Gasteiger partial charge < -0.3 is 5.32 Å². The Kier molecular flexibility index (Phi) is 5.85. The molecule has 0 spiro atoms. The molecule has 5 nitrogen and oxygen atoms in total. The maximum atomic E-state index is 13.2. The number of aromatic nitrogens is 3. The first-order valence-corrected chi connectivity index (χ1v) is 10.1. The third-order valence-corrected chi connectivity index (χ3v) is 5.59. The van der Waals surface area contributed by atoms with E-state index in [-0.39, 0.29) is 24.2 Å². The number of alkyl halides is 3. The molecule has 0 amide bonds. The molecule has 158 valence electrons. The molecule has 8 heteroatoms. The van der Waals surface area contributed by atoms with E-state index in [1.165, 1.54) is 10.5 Å². The van der Waals surface area contributed by atoms with E-state index in [4.69, 9.17) is 0 Å². The second-order valence-corrected chi connectivity index (χ2v) is 7.76. The van der Waals surface area contributed by atoms with Crippen LogP contribution in [0.15, 0.2) is 48.7 Å². The van der Waals surface area contributed by atoms with E-state index >= 15 is 0 Å². The van der Waals surface area contributed by atoms with Crippen molar-refractivity contribution in [2.45, 2.75) is 50.2 Å². The summed E-state index contributed by atoms with van der Waals surface area (Å²) in [5.41, 5.74) is 0.560. The number of Topliss-reactive ketones (excluding diaryl/α,β-unsaturated/α-hetero) is 1. The van der Waals surface area contributed by atoms with Crippen LogP contribution >= 0.6 is 0 Å². The van der Waals surface area contributed by atoms with Crippen molar-refractivity contribution in [1.29, 1.82) is 0 Å². The van der Waals surface area contributed by atoms with Crippen molar-refractivity contribution in [3.05, 3.63) is 65.6 Å². The Morgan fingerprint density at radius 2 is 1.93 bits per heavy atom. The molecule has 1 fully saturated rings. The van der Waals surface area contributed by atoms with Crippen LogP contribution in [0.2, 0.25) is 0 Å². The van der Waals surface area contributed by atoms with Crippen LogP contribution in [0.25, 0.3) is 5.65 Å². The fourth-order valence-electron chi connectivity index (χ4n) is 4.02. The number of hydrogen-bond acceptors (Lipinski definition) is 4. The molecule has 4 rings (SSSR count). The van der Waals surface area contributed by atoms with Crippen LogP contribution in [-0.2, 0) is 17.4 Å². The Labute approximate surface area is 172 Å². The number of hydrogen-bond donors (Lipinski definition) is 1. The summed E-state index contributed by atoms with van der Waals surface area (Å²) in [5, 5.41) is 11.5. The van der Waals surface area contributed by atoms with Gasteiger partial charge in [0.15, 0.2) is 5.65 Å². The van der Waals surface area contributed by atoms with Gasteiger partial charge in [0.1, 0.15) is 11.6 Å². The van der Waals surface area contributed by atoms with Gasteiger partial charge in [-0.1, -0.05) is 36.8 Å². The van der Waals surface area contributed by atoms with Crippen LogP contribution in [0.5, 0.6) is 0 Å². The third kappa shape index (κ3) is 4.53.